The lowest BCUT2D eigenvalue weighted by atomic mass is 10.2. The Morgan fingerprint density at radius 3 is 2.80 bits per heavy atom. The largest absolute Gasteiger partial charge is 0.478 e. The first-order valence-corrected chi connectivity index (χ1v) is 10.4. The molecule has 4 rings (SSSR count). The van der Waals surface area contributed by atoms with Crippen molar-refractivity contribution in [2.24, 2.45) is 0 Å². The van der Waals surface area contributed by atoms with Crippen LogP contribution in [0, 0.1) is 0 Å². The Hall–Kier alpha value is -2.94. The molecule has 6 nitrogen and oxygen atoms in total. The average Bonchev–Trinajstić information content (AvgIpc) is 3.27. The van der Waals surface area contributed by atoms with Gasteiger partial charge in [0.2, 0.25) is 0 Å². The standard InChI is InChI=1S/C21H14ClN3O3S2/c22-17-7-2-1-4-15(17)12-24-11-13(10-23-24)8-18-19(26)25(21(29)30-18)16-6-3-5-14(9-16)20(27)28/h1-11H,12H2,(H,27,28)/b18-8+. The Balaban J connectivity index is 1.56. The summed E-state index contributed by atoms with van der Waals surface area (Å²) in [6.07, 6.45) is 5.20. The molecular weight excluding hydrogens is 442 g/mol. The van der Waals surface area contributed by atoms with Crippen molar-refractivity contribution < 1.29 is 14.7 Å². The minimum absolute atomic E-state index is 0.0892. The molecule has 30 heavy (non-hydrogen) atoms. The lowest BCUT2D eigenvalue weighted by Gasteiger charge is -2.14. The summed E-state index contributed by atoms with van der Waals surface area (Å²) < 4.78 is 2.08. The molecule has 0 bridgehead atoms. The van der Waals surface area contributed by atoms with Crippen LogP contribution in [0.4, 0.5) is 5.69 Å². The second-order valence-corrected chi connectivity index (χ2v) is 8.52. The third-order valence-electron chi connectivity index (χ3n) is 4.39. The molecule has 150 valence electrons. The van der Waals surface area contributed by atoms with Crippen LogP contribution < -0.4 is 4.90 Å². The third-order valence-corrected chi connectivity index (χ3v) is 6.06. The van der Waals surface area contributed by atoms with Gasteiger partial charge in [0.25, 0.3) is 5.91 Å². The van der Waals surface area contributed by atoms with Crippen LogP contribution in [0.1, 0.15) is 21.5 Å². The maximum atomic E-state index is 12.9. The fourth-order valence-electron chi connectivity index (χ4n) is 2.96. The van der Waals surface area contributed by atoms with Crippen LogP contribution in [0.5, 0.6) is 0 Å². The van der Waals surface area contributed by atoms with Gasteiger partial charge in [-0.25, -0.2) is 4.79 Å². The average molecular weight is 456 g/mol. The smallest absolute Gasteiger partial charge is 0.335 e. The SMILES string of the molecule is O=C(O)c1cccc(N2C(=O)/C(=C\c3cnn(Cc4ccccc4Cl)c3)SC2=S)c1. The summed E-state index contributed by atoms with van der Waals surface area (Å²) in [5, 5.41) is 14.2. The number of aromatic carboxylic acids is 1. The third kappa shape index (κ3) is 4.16. The van der Waals surface area contributed by atoms with E-state index in [4.69, 9.17) is 23.8 Å². The molecule has 1 saturated heterocycles. The number of rotatable bonds is 5. The molecule has 2 aromatic carbocycles. The molecule has 1 aliphatic rings. The van der Waals surface area contributed by atoms with Crippen LogP contribution >= 0.6 is 35.6 Å². The van der Waals surface area contributed by atoms with E-state index in [1.54, 1.807) is 29.1 Å². The molecule has 1 amide bonds. The molecular formula is C21H14ClN3O3S2. The summed E-state index contributed by atoms with van der Waals surface area (Å²) in [7, 11) is 0. The number of hydrogen-bond donors (Lipinski definition) is 1. The van der Waals surface area contributed by atoms with Crippen molar-refractivity contribution in [1.29, 1.82) is 0 Å². The second kappa shape index (κ2) is 8.43. The Morgan fingerprint density at radius 2 is 2.03 bits per heavy atom. The zero-order chi connectivity index (χ0) is 21.3. The van der Waals surface area contributed by atoms with E-state index in [2.05, 4.69) is 5.10 Å². The Morgan fingerprint density at radius 1 is 1.23 bits per heavy atom. The number of hydrogen-bond acceptors (Lipinski definition) is 5. The molecule has 0 spiro atoms. The number of thioether (sulfide) groups is 1. The van der Waals surface area contributed by atoms with Crippen LogP contribution in [-0.2, 0) is 11.3 Å². The van der Waals surface area contributed by atoms with Crippen LogP contribution in [0.25, 0.3) is 6.08 Å². The van der Waals surface area contributed by atoms with E-state index in [9.17, 15) is 14.7 Å². The number of thiocarbonyl (C=S) groups is 1. The highest BCUT2D eigenvalue weighted by molar-refractivity contribution is 8.27. The summed E-state index contributed by atoms with van der Waals surface area (Å²) in [6, 6.07) is 13.7. The Bertz CT molecular complexity index is 1210. The van der Waals surface area contributed by atoms with Gasteiger partial charge in [0.05, 0.1) is 28.9 Å². The predicted octanol–water partition coefficient (Wildman–Crippen LogP) is 4.69. The number of carbonyl (C=O) groups is 2. The summed E-state index contributed by atoms with van der Waals surface area (Å²) in [4.78, 5) is 25.9. The van der Waals surface area contributed by atoms with Gasteiger partial charge in [-0.1, -0.05) is 59.8 Å². The molecule has 1 aliphatic heterocycles. The van der Waals surface area contributed by atoms with Crippen molar-refractivity contribution in [1.82, 2.24) is 9.78 Å². The normalized spacial score (nSPS) is 15.2. The highest BCUT2D eigenvalue weighted by atomic mass is 35.5. The molecule has 0 radical (unpaired) electrons. The van der Waals surface area contributed by atoms with E-state index in [0.717, 1.165) is 22.9 Å². The van der Waals surface area contributed by atoms with E-state index < -0.39 is 5.97 Å². The van der Waals surface area contributed by atoms with Crippen molar-refractivity contribution >= 4 is 63.5 Å². The summed E-state index contributed by atoms with van der Waals surface area (Å²) >= 11 is 12.7. The molecule has 3 aromatic rings. The molecule has 0 atom stereocenters. The first-order chi connectivity index (χ1) is 14.4. The van der Waals surface area contributed by atoms with E-state index in [0.29, 0.717) is 26.5 Å². The first-order valence-electron chi connectivity index (χ1n) is 8.79. The van der Waals surface area contributed by atoms with Gasteiger partial charge in [0.15, 0.2) is 4.32 Å². The van der Waals surface area contributed by atoms with Crippen molar-refractivity contribution in [3.63, 3.8) is 0 Å². The van der Waals surface area contributed by atoms with Gasteiger partial charge in [-0.3, -0.25) is 14.4 Å². The quantitative estimate of drug-likeness (QED) is 0.444. The lowest BCUT2D eigenvalue weighted by Crippen LogP contribution is -2.27. The van der Waals surface area contributed by atoms with Crippen LogP contribution in [0.3, 0.4) is 0 Å². The maximum absolute atomic E-state index is 12.9. The fraction of sp³-hybridized carbons (Fsp3) is 0.0476. The van der Waals surface area contributed by atoms with Crippen LogP contribution in [0.2, 0.25) is 5.02 Å². The number of nitrogens with zero attached hydrogens (tertiary/aromatic N) is 3. The number of carboxylic acid groups (broad SMARTS) is 1. The second-order valence-electron chi connectivity index (χ2n) is 6.44. The number of benzene rings is 2. The number of carbonyl (C=O) groups excluding carboxylic acids is 1. The minimum atomic E-state index is -1.07. The Labute approximate surface area is 186 Å². The summed E-state index contributed by atoms with van der Waals surface area (Å²) in [6.45, 7) is 0.510. The Kier molecular flexibility index (Phi) is 5.72. The van der Waals surface area contributed by atoms with Crippen molar-refractivity contribution in [2.75, 3.05) is 4.90 Å². The van der Waals surface area contributed by atoms with E-state index in [-0.39, 0.29) is 11.5 Å². The predicted molar refractivity (Wildman–Crippen MR) is 122 cm³/mol. The van der Waals surface area contributed by atoms with Crippen LogP contribution in [-0.4, -0.2) is 31.1 Å². The zero-order valence-electron chi connectivity index (χ0n) is 15.4. The maximum Gasteiger partial charge on any atom is 0.335 e. The molecule has 0 unspecified atom stereocenters. The zero-order valence-corrected chi connectivity index (χ0v) is 17.7. The number of carboxylic acids is 1. The topological polar surface area (TPSA) is 75.4 Å². The van der Waals surface area contributed by atoms with Crippen molar-refractivity contribution in [3.05, 3.63) is 87.5 Å². The number of aromatic nitrogens is 2. The van der Waals surface area contributed by atoms with Gasteiger partial charge >= 0.3 is 5.97 Å². The fourth-order valence-corrected chi connectivity index (χ4v) is 4.46. The first kappa shape index (κ1) is 20.3. The molecule has 1 fully saturated rings. The molecule has 0 aliphatic carbocycles. The van der Waals surface area contributed by atoms with E-state index >= 15 is 0 Å². The number of amides is 1. The molecule has 9 heteroatoms. The van der Waals surface area contributed by atoms with Gasteiger partial charge in [-0.05, 0) is 35.9 Å². The van der Waals surface area contributed by atoms with Gasteiger partial charge in [-0.2, -0.15) is 5.10 Å². The monoisotopic (exact) mass is 455 g/mol. The molecule has 1 N–H and O–H groups in total. The van der Waals surface area contributed by atoms with Crippen molar-refractivity contribution in [3.8, 4) is 0 Å². The summed E-state index contributed by atoms with van der Waals surface area (Å²) in [5.41, 5.74) is 2.21. The lowest BCUT2D eigenvalue weighted by molar-refractivity contribution is -0.113. The molecule has 1 aromatic heterocycles. The van der Waals surface area contributed by atoms with E-state index in [1.807, 2.05) is 30.5 Å². The highest BCUT2D eigenvalue weighted by Crippen LogP contribution is 2.36. The van der Waals surface area contributed by atoms with Gasteiger partial charge in [-0.15, -0.1) is 0 Å². The van der Waals surface area contributed by atoms with E-state index in [1.165, 1.54) is 17.0 Å². The molecule has 0 saturated carbocycles. The molecule has 2 heterocycles. The van der Waals surface area contributed by atoms with Gasteiger partial charge < -0.3 is 5.11 Å². The van der Waals surface area contributed by atoms with Gasteiger partial charge in [0, 0.05) is 16.8 Å². The minimum Gasteiger partial charge on any atom is -0.478 e. The van der Waals surface area contributed by atoms with Crippen LogP contribution in [0.15, 0.2) is 65.8 Å². The van der Waals surface area contributed by atoms with Gasteiger partial charge in [0.1, 0.15) is 0 Å². The summed E-state index contributed by atoms with van der Waals surface area (Å²) in [5.74, 6) is -1.37. The highest BCUT2D eigenvalue weighted by Gasteiger charge is 2.33. The number of halogens is 1. The van der Waals surface area contributed by atoms with Crippen molar-refractivity contribution in [2.45, 2.75) is 6.54 Å². The number of anilines is 1.